The molecule has 1 N–H and O–H groups in total. The predicted octanol–water partition coefficient (Wildman–Crippen LogP) is 5.20. The smallest absolute Gasteiger partial charge is 0.238 e. The summed E-state index contributed by atoms with van der Waals surface area (Å²) in [5.74, 6) is 0.825. The number of carbonyl (C=O) groups excluding carboxylic acids is 1. The molecule has 3 aromatic carbocycles. The number of anilines is 1. The molecule has 39 heavy (non-hydrogen) atoms. The van der Waals surface area contributed by atoms with Crippen LogP contribution in [0.3, 0.4) is 0 Å². The third kappa shape index (κ3) is 7.07. The summed E-state index contributed by atoms with van der Waals surface area (Å²) in [5.41, 5.74) is 8.45. The third-order valence-corrected chi connectivity index (χ3v) is 6.90. The summed E-state index contributed by atoms with van der Waals surface area (Å²) < 4.78 is 12.0. The van der Waals surface area contributed by atoms with Crippen LogP contribution in [0, 0.1) is 13.8 Å². The van der Waals surface area contributed by atoms with Crippen molar-refractivity contribution in [3.63, 3.8) is 0 Å². The number of fused-ring (bicyclic) bond motifs is 3. The Labute approximate surface area is 229 Å². The van der Waals surface area contributed by atoms with E-state index in [2.05, 4.69) is 50.5 Å². The molecule has 1 amide bonds. The first-order chi connectivity index (χ1) is 19.0. The lowest BCUT2D eigenvalue weighted by atomic mass is 9.98. The van der Waals surface area contributed by atoms with Crippen molar-refractivity contribution in [2.24, 2.45) is 0 Å². The van der Waals surface area contributed by atoms with Gasteiger partial charge < -0.3 is 14.8 Å². The lowest BCUT2D eigenvalue weighted by molar-refractivity contribution is -0.117. The van der Waals surface area contributed by atoms with Gasteiger partial charge in [-0.1, -0.05) is 48.5 Å². The third-order valence-electron chi connectivity index (χ3n) is 6.90. The van der Waals surface area contributed by atoms with E-state index in [9.17, 15) is 4.79 Å². The van der Waals surface area contributed by atoms with Gasteiger partial charge in [-0.05, 0) is 59.4 Å². The number of hydrogen-bond donors (Lipinski definition) is 1. The van der Waals surface area contributed by atoms with E-state index in [1.165, 1.54) is 11.9 Å². The number of rotatable bonds is 4. The van der Waals surface area contributed by atoms with Gasteiger partial charge in [0.1, 0.15) is 18.7 Å². The summed E-state index contributed by atoms with van der Waals surface area (Å²) in [4.78, 5) is 23.5. The van der Waals surface area contributed by atoms with Gasteiger partial charge in [0.25, 0.3) is 0 Å². The zero-order chi connectivity index (χ0) is 27.0. The Morgan fingerprint density at radius 3 is 2.49 bits per heavy atom. The molecule has 7 heteroatoms. The Balaban J connectivity index is 1.36. The van der Waals surface area contributed by atoms with E-state index in [0.717, 1.165) is 51.2 Å². The quantitative estimate of drug-likeness (QED) is 0.397. The normalized spacial score (nSPS) is 14.5. The van der Waals surface area contributed by atoms with Gasteiger partial charge in [-0.25, -0.2) is 9.97 Å². The van der Waals surface area contributed by atoms with Crippen LogP contribution in [0.4, 0.5) is 5.69 Å². The number of benzene rings is 3. The molecule has 1 aromatic heterocycles. The highest BCUT2D eigenvalue weighted by molar-refractivity contribution is 5.93. The van der Waals surface area contributed by atoms with E-state index in [-0.39, 0.29) is 12.5 Å². The second kappa shape index (κ2) is 12.7. The molecule has 2 bridgehead atoms. The van der Waals surface area contributed by atoms with Gasteiger partial charge >= 0.3 is 0 Å². The Bertz CT molecular complexity index is 1400. The largest absolute Gasteiger partial charge is 0.491 e. The summed E-state index contributed by atoms with van der Waals surface area (Å²) in [7, 11) is 0. The fourth-order valence-corrected chi connectivity index (χ4v) is 4.92. The van der Waals surface area contributed by atoms with Crippen molar-refractivity contribution in [3.05, 3.63) is 107 Å². The minimum atomic E-state index is -0.0284. The summed E-state index contributed by atoms with van der Waals surface area (Å²) in [6.07, 6.45) is 5.89. The van der Waals surface area contributed by atoms with Crippen molar-refractivity contribution < 1.29 is 14.3 Å². The molecule has 0 spiro atoms. The van der Waals surface area contributed by atoms with E-state index in [4.69, 9.17) is 9.47 Å². The van der Waals surface area contributed by atoms with E-state index >= 15 is 0 Å². The average molecular weight is 523 g/mol. The summed E-state index contributed by atoms with van der Waals surface area (Å²) >= 11 is 0. The van der Waals surface area contributed by atoms with Crippen molar-refractivity contribution in [1.82, 2.24) is 14.9 Å². The van der Waals surface area contributed by atoms with Gasteiger partial charge in [0.2, 0.25) is 5.91 Å². The highest BCUT2D eigenvalue weighted by atomic mass is 16.5. The number of aryl methyl sites for hydroxylation is 2. The Hall–Kier alpha value is -4.07. The summed E-state index contributed by atoms with van der Waals surface area (Å²) in [5, 5.41) is 3.12. The molecule has 1 aliphatic rings. The second-order valence-electron chi connectivity index (χ2n) is 9.93. The van der Waals surface area contributed by atoms with Crippen molar-refractivity contribution in [2.75, 3.05) is 38.2 Å². The number of carbonyl (C=O) groups is 1. The fourth-order valence-electron chi connectivity index (χ4n) is 4.92. The minimum absolute atomic E-state index is 0.0284. The first kappa shape index (κ1) is 26.5. The SMILES string of the molecule is Cc1cccc(C)c1NC(=O)CN1CCOCCOc2ccc(-c3cncnc3)cc2Cc2cccc(c2)C1. The summed E-state index contributed by atoms with van der Waals surface area (Å²) in [6.45, 7) is 7.05. The van der Waals surface area contributed by atoms with E-state index < -0.39 is 0 Å². The molecule has 1 aliphatic heterocycles. The molecule has 0 unspecified atom stereocenters. The Morgan fingerprint density at radius 2 is 1.67 bits per heavy atom. The first-order valence-corrected chi connectivity index (χ1v) is 13.3. The molecular weight excluding hydrogens is 488 g/mol. The molecule has 0 atom stereocenters. The van der Waals surface area contributed by atoms with Crippen LogP contribution in [0.15, 0.2) is 79.4 Å². The van der Waals surface area contributed by atoms with Gasteiger partial charge in [0, 0.05) is 43.2 Å². The van der Waals surface area contributed by atoms with Crippen LogP contribution in [-0.4, -0.2) is 53.7 Å². The molecule has 0 saturated heterocycles. The zero-order valence-electron chi connectivity index (χ0n) is 22.5. The second-order valence-corrected chi connectivity index (χ2v) is 9.93. The Kier molecular flexibility index (Phi) is 8.61. The van der Waals surface area contributed by atoms with Gasteiger partial charge in [0.15, 0.2) is 0 Å². The van der Waals surface area contributed by atoms with Crippen molar-refractivity contribution in [1.29, 1.82) is 0 Å². The molecule has 0 aliphatic carbocycles. The van der Waals surface area contributed by atoms with Crippen molar-refractivity contribution in [2.45, 2.75) is 26.8 Å². The maximum Gasteiger partial charge on any atom is 0.238 e. The number of ether oxygens (including phenoxy) is 2. The minimum Gasteiger partial charge on any atom is -0.491 e. The summed E-state index contributed by atoms with van der Waals surface area (Å²) in [6, 6.07) is 20.8. The number of nitrogens with one attached hydrogen (secondary N) is 1. The maximum atomic E-state index is 13.0. The van der Waals surface area contributed by atoms with Crippen LogP contribution in [0.5, 0.6) is 5.75 Å². The maximum absolute atomic E-state index is 13.0. The number of nitrogens with zero attached hydrogens (tertiary/aromatic N) is 3. The zero-order valence-corrected chi connectivity index (χ0v) is 22.5. The number of aromatic nitrogens is 2. The van der Waals surface area contributed by atoms with Crippen LogP contribution in [0.25, 0.3) is 11.1 Å². The lowest BCUT2D eigenvalue weighted by Gasteiger charge is -2.23. The molecule has 0 saturated carbocycles. The molecule has 200 valence electrons. The van der Waals surface area contributed by atoms with Crippen LogP contribution in [-0.2, 0) is 22.5 Å². The van der Waals surface area contributed by atoms with Gasteiger partial charge in [-0.2, -0.15) is 0 Å². The van der Waals surface area contributed by atoms with Crippen LogP contribution in [0.1, 0.15) is 27.8 Å². The Morgan fingerprint density at radius 1 is 0.897 bits per heavy atom. The molecule has 0 fully saturated rings. The van der Waals surface area contributed by atoms with Crippen LogP contribution in [0.2, 0.25) is 0 Å². The van der Waals surface area contributed by atoms with E-state index in [1.54, 1.807) is 0 Å². The predicted molar refractivity (Wildman–Crippen MR) is 153 cm³/mol. The van der Waals surface area contributed by atoms with E-state index in [1.807, 2.05) is 56.6 Å². The number of hydrogen-bond acceptors (Lipinski definition) is 6. The molecule has 2 heterocycles. The van der Waals surface area contributed by atoms with E-state index in [0.29, 0.717) is 32.9 Å². The van der Waals surface area contributed by atoms with Gasteiger partial charge in [-0.15, -0.1) is 0 Å². The van der Waals surface area contributed by atoms with Gasteiger partial charge in [0.05, 0.1) is 19.8 Å². The number of para-hydroxylation sites is 1. The highest BCUT2D eigenvalue weighted by Gasteiger charge is 2.15. The monoisotopic (exact) mass is 522 g/mol. The average Bonchev–Trinajstić information content (AvgIpc) is 2.93. The molecule has 0 radical (unpaired) electrons. The van der Waals surface area contributed by atoms with Crippen molar-refractivity contribution in [3.8, 4) is 16.9 Å². The standard InChI is InChI=1S/C32H34N4O3/c1-23-5-3-6-24(2)32(23)35-31(37)21-36-11-12-38-13-14-39-30-10-9-27(29-18-33-22-34-19-29)17-28(30)16-25-7-4-8-26(15-25)20-36/h3-10,15,17-19,22H,11-14,16,20-21H2,1-2H3,(H,35,37). The number of amides is 1. The lowest BCUT2D eigenvalue weighted by Crippen LogP contribution is -2.35. The molecule has 4 aromatic rings. The van der Waals surface area contributed by atoms with Crippen LogP contribution < -0.4 is 10.1 Å². The molecular formula is C32H34N4O3. The highest BCUT2D eigenvalue weighted by Crippen LogP contribution is 2.29. The van der Waals surface area contributed by atoms with Crippen molar-refractivity contribution >= 4 is 11.6 Å². The topological polar surface area (TPSA) is 76.6 Å². The molecule has 5 rings (SSSR count). The fraction of sp³-hybridized carbons (Fsp3) is 0.281. The molecule has 7 nitrogen and oxygen atoms in total. The first-order valence-electron chi connectivity index (χ1n) is 13.3. The van der Waals surface area contributed by atoms with Gasteiger partial charge in [-0.3, -0.25) is 9.69 Å². The van der Waals surface area contributed by atoms with Crippen LogP contribution >= 0.6 is 0 Å².